The fourth-order valence-electron chi connectivity index (χ4n) is 5.90. The van der Waals surface area contributed by atoms with Gasteiger partial charge in [0.05, 0.1) is 18.8 Å². The van der Waals surface area contributed by atoms with E-state index in [1.807, 2.05) is 6.08 Å². The third-order valence-corrected chi connectivity index (χ3v) is 8.94. The normalized spacial score (nSPS) is 13.3. The van der Waals surface area contributed by atoms with Gasteiger partial charge in [0.25, 0.3) is 0 Å². The average Bonchev–Trinajstić information content (AvgIpc) is 3.03. The first kappa shape index (κ1) is 42.9. The molecular weight excluding hydrogens is 542 g/mol. The number of hydrogen-bond acceptors (Lipinski definition) is 3. The van der Waals surface area contributed by atoms with Crippen molar-refractivity contribution in [1.29, 1.82) is 0 Å². The Kier molecular flexibility index (Phi) is 35.4. The lowest BCUT2D eigenvalue weighted by Gasteiger charge is -2.19. The molecular formula is C40H77NO3. The highest BCUT2D eigenvalue weighted by molar-refractivity contribution is 5.76. The first-order valence-electron chi connectivity index (χ1n) is 19.6. The van der Waals surface area contributed by atoms with Crippen LogP contribution in [0, 0.1) is 0 Å². The highest BCUT2D eigenvalue weighted by Crippen LogP contribution is 2.15. The van der Waals surface area contributed by atoms with Crippen molar-refractivity contribution in [3.63, 3.8) is 0 Å². The Balaban J connectivity index is 3.52. The number of nitrogens with one attached hydrogen (secondary N) is 1. The summed E-state index contributed by atoms with van der Waals surface area (Å²) in [6.45, 7) is 4.25. The molecule has 0 radical (unpaired) electrons. The maximum absolute atomic E-state index is 12.2. The second kappa shape index (κ2) is 36.3. The number of hydrogen-bond donors (Lipinski definition) is 3. The van der Waals surface area contributed by atoms with E-state index in [0.29, 0.717) is 6.42 Å². The Morgan fingerprint density at radius 2 is 0.886 bits per heavy atom. The predicted octanol–water partition coefficient (Wildman–Crippen LogP) is 11.7. The van der Waals surface area contributed by atoms with Crippen molar-refractivity contribution in [2.45, 2.75) is 219 Å². The van der Waals surface area contributed by atoms with Gasteiger partial charge in [0.2, 0.25) is 5.91 Å². The van der Waals surface area contributed by atoms with Crippen LogP contribution >= 0.6 is 0 Å². The Bertz CT molecular complexity index is 632. The standard InChI is InChI=1S/C40H77NO3/c1-3-5-7-9-11-12-13-14-15-16-17-18-19-20-21-22-23-24-25-26-27-28-30-31-33-35-39(43)38(37-42)41-40(44)36-34-32-29-10-8-6-4-2/h27-28,33,35,38-39,42-43H,3-26,29-32,34,36-37H2,1-2H3,(H,41,44)/b28-27+,35-33+. The highest BCUT2D eigenvalue weighted by Gasteiger charge is 2.17. The summed E-state index contributed by atoms with van der Waals surface area (Å²) in [6, 6.07) is -0.631. The van der Waals surface area contributed by atoms with Crippen molar-refractivity contribution in [3.05, 3.63) is 24.3 Å². The number of carbonyl (C=O) groups is 1. The number of amides is 1. The molecule has 4 heteroatoms. The topological polar surface area (TPSA) is 69.6 Å². The van der Waals surface area contributed by atoms with Gasteiger partial charge in [-0.2, -0.15) is 0 Å². The van der Waals surface area contributed by atoms with Crippen molar-refractivity contribution < 1.29 is 15.0 Å². The van der Waals surface area contributed by atoms with Crippen LogP contribution in [0.5, 0.6) is 0 Å². The van der Waals surface area contributed by atoms with E-state index in [9.17, 15) is 15.0 Å². The van der Waals surface area contributed by atoms with Gasteiger partial charge in [-0.3, -0.25) is 4.79 Å². The number of unbranched alkanes of at least 4 members (excludes halogenated alkanes) is 26. The van der Waals surface area contributed by atoms with E-state index >= 15 is 0 Å². The number of allylic oxidation sites excluding steroid dienone is 3. The molecule has 0 aliphatic rings. The Labute approximate surface area is 275 Å². The number of rotatable bonds is 35. The fraction of sp³-hybridized carbons (Fsp3) is 0.875. The molecule has 0 heterocycles. The maximum atomic E-state index is 12.2. The van der Waals surface area contributed by atoms with Crippen LogP contribution < -0.4 is 5.32 Å². The summed E-state index contributed by atoms with van der Waals surface area (Å²) in [5.41, 5.74) is 0. The zero-order valence-corrected chi connectivity index (χ0v) is 29.7. The molecule has 0 saturated heterocycles. The molecule has 3 N–H and O–H groups in total. The van der Waals surface area contributed by atoms with Gasteiger partial charge in [-0.25, -0.2) is 0 Å². The van der Waals surface area contributed by atoms with E-state index in [-0.39, 0.29) is 12.5 Å². The summed E-state index contributed by atoms with van der Waals surface area (Å²) in [4.78, 5) is 12.2. The van der Waals surface area contributed by atoms with Gasteiger partial charge in [-0.1, -0.05) is 192 Å². The Hall–Kier alpha value is -1.13. The summed E-state index contributed by atoms with van der Waals surface area (Å²) >= 11 is 0. The summed E-state index contributed by atoms with van der Waals surface area (Å²) in [5, 5.41) is 22.8. The van der Waals surface area contributed by atoms with Crippen molar-refractivity contribution >= 4 is 5.91 Å². The minimum Gasteiger partial charge on any atom is -0.394 e. The third kappa shape index (κ3) is 32.3. The van der Waals surface area contributed by atoms with Crippen LogP contribution in [0.3, 0.4) is 0 Å². The van der Waals surface area contributed by atoms with Crippen molar-refractivity contribution in [1.82, 2.24) is 5.32 Å². The molecule has 2 atom stereocenters. The molecule has 0 spiro atoms. The number of aliphatic hydroxyl groups excluding tert-OH is 2. The van der Waals surface area contributed by atoms with Gasteiger partial charge in [-0.05, 0) is 32.1 Å². The van der Waals surface area contributed by atoms with Crippen LogP contribution in [0.2, 0.25) is 0 Å². The molecule has 4 nitrogen and oxygen atoms in total. The second-order valence-corrected chi connectivity index (χ2v) is 13.3. The van der Waals surface area contributed by atoms with E-state index in [0.717, 1.165) is 32.1 Å². The SMILES string of the molecule is CCCCCCCCCCCCCCCCCCCCC/C=C/CC/C=C/C(O)C(CO)NC(=O)CCCCCCCCC. The molecule has 0 aliphatic heterocycles. The summed E-state index contributed by atoms with van der Waals surface area (Å²) in [7, 11) is 0. The molecule has 0 aliphatic carbocycles. The van der Waals surface area contributed by atoms with Crippen molar-refractivity contribution in [2.24, 2.45) is 0 Å². The van der Waals surface area contributed by atoms with Crippen molar-refractivity contribution in [2.75, 3.05) is 6.61 Å². The smallest absolute Gasteiger partial charge is 0.220 e. The van der Waals surface area contributed by atoms with E-state index in [2.05, 4.69) is 31.3 Å². The lowest BCUT2D eigenvalue weighted by molar-refractivity contribution is -0.123. The molecule has 0 aromatic heterocycles. The van der Waals surface area contributed by atoms with E-state index < -0.39 is 12.1 Å². The molecule has 0 bridgehead atoms. The first-order chi connectivity index (χ1) is 21.7. The average molecular weight is 620 g/mol. The minimum atomic E-state index is -0.855. The van der Waals surface area contributed by atoms with E-state index in [1.54, 1.807) is 6.08 Å². The molecule has 1 amide bonds. The fourth-order valence-corrected chi connectivity index (χ4v) is 5.90. The minimum absolute atomic E-state index is 0.0807. The predicted molar refractivity (Wildman–Crippen MR) is 193 cm³/mol. The van der Waals surface area contributed by atoms with Gasteiger partial charge < -0.3 is 15.5 Å². The number of carbonyl (C=O) groups excluding carboxylic acids is 1. The summed E-state index contributed by atoms with van der Waals surface area (Å²) in [5.74, 6) is -0.0807. The first-order valence-corrected chi connectivity index (χ1v) is 19.6. The summed E-state index contributed by atoms with van der Waals surface area (Å²) < 4.78 is 0. The van der Waals surface area contributed by atoms with Crippen LogP contribution in [-0.2, 0) is 4.79 Å². The molecule has 0 aromatic carbocycles. The van der Waals surface area contributed by atoms with Crippen LogP contribution in [0.15, 0.2) is 24.3 Å². The molecule has 0 rings (SSSR count). The van der Waals surface area contributed by atoms with Gasteiger partial charge in [0.15, 0.2) is 0 Å². The molecule has 0 fully saturated rings. The van der Waals surface area contributed by atoms with Crippen LogP contribution in [0.4, 0.5) is 0 Å². The van der Waals surface area contributed by atoms with E-state index in [4.69, 9.17) is 0 Å². The number of aliphatic hydroxyl groups is 2. The zero-order chi connectivity index (χ0) is 32.2. The van der Waals surface area contributed by atoms with Gasteiger partial charge >= 0.3 is 0 Å². The lowest BCUT2D eigenvalue weighted by Crippen LogP contribution is -2.45. The largest absolute Gasteiger partial charge is 0.394 e. The van der Waals surface area contributed by atoms with Gasteiger partial charge in [-0.15, -0.1) is 0 Å². The van der Waals surface area contributed by atoms with Crippen LogP contribution in [0.1, 0.15) is 206 Å². The Morgan fingerprint density at radius 3 is 1.32 bits per heavy atom. The van der Waals surface area contributed by atoms with Crippen LogP contribution in [0.25, 0.3) is 0 Å². The van der Waals surface area contributed by atoms with E-state index in [1.165, 1.54) is 154 Å². The van der Waals surface area contributed by atoms with Gasteiger partial charge in [0, 0.05) is 6.42 Å². The quantitative estimate of drug-likeness (QED) is 0.0488. The molecule has 0 aromatic rings. The van der Waals surface area contributed by atoms with Gasteiger partial charge in [0.1, 0.15) is 0 Å². The molecule has 2 unspecified atom stereocenters. The van der Waals surface area contributed by atoms with Crippen LogP contribution in [-0.4, -0.2) is 34.9 Å². The highest BCUT2D eigenvalue weighted by atomic mass is 16.3. The lowest BCUT2D eigenvalue weighted by atomic mass is 10.0. The van der Waals surface area contributed by atoms with Crippen molar-refractivity contribution in [3.8, 4) is 0 Å². The Morgan fingerprint density at radius 1 is 0.523 bits per heavy atom. The molecule has 260 valence electrons. The monoisotopic (exact) mass is 620 g/mol. The maximum Gasteiger partial charge on any atom is 0.220 e. The summed E-state index contributed by atoms with van der Waals surface area (Å²) in [6.07, 6.45) is 45.9. The zero-order valence-electron chi connectivity index (χ0n) is 29.7. The second-order valence-electron chi connectivity index (χ2n) is 13.3. The molecule has 44 heavy (non-hydrogen) atoms. The molecule has 0 saturated carbocycles. The third-order valence-electron chi connectivity index (χ3n) is 8.94.